The second-order valence-corrected chi connectivity index (χ2v) is 3.98. The van der Waals surface area contributed by atoms with Crippen molar-refractivity contribution >= 4 is 6.29 Å². The Kier molecular flexibility index (Phi) is 2.86. The normalized spacial score (nSPS) is 10.3. The quantitative estimate of drug-likeness (QED) is 0.668. The molecular formula is C14H10N4O. The highest BCUT2D eigenvalue weighted by molar-refractivity contribution is 5.78. The van der Waals surface area contributed by atoms with Crippen LogP contribution < -0.4 is 0 Å². The molecule has 3 rings (SSSR count). The van der Waals surface area contributed by atoms with E-state index in [4.69, 9.17) is 0 Å². The number of aldehydes is 1. The van der Waals surface area contributed by atoms with Crippen LogP contribution in [0.1, 0.15) is 10.4 Å². The number of nitrogens with zero attached hydrogens (tertiary/aromatic N) is 4. The summed E-state index contributed by atoms with van der Waals surface area (Å²) in [5.41, 5.74) is 3.48. The van der Waals surface area contributed by atoms with Gasteiger partial charge in [0.05, 0.1) is 5.69 Å². The molecule has 1 aromatic heterocycles. The third-order valence-corrected chi connectivity index (χ3v) is 2.83. The highest BCUT2D eigenvalue weighted by Crippen LogP contribution is 2.25. The molecule has 0 spiro atoms. The summed E-state index contributed by atoms with van der Waals surface area (Å²) >= 11 is 0. The van der Waals surface area contributed by atoms with Gasteiger partial charge in [-0.3, -0.25) is 4.79 Å². The minimum absolute atomic E-state index is 0.653. The van der Waals surface area contributed by atoms with Gasteiger partial charge in [-0.1, -0.05) is 42.5 Å². The summed E-state index contributed by atoms with van der Waals surface area (Å²) in [5, 5.41) is 11.7. The van der Waals surface area contributed by atoms with Gasteiger partial charge in [0.2, 0.25) is 0 Å². The predicted octanol–water partition coefficient (Wildman–Crippen LogP) is 2.14. The summed E-state index contributed by atoms with van der Waals surface area (Å²) < 4.78 is 0. The predicted molar refractivity (Wildman–Crippen MR) is 70.0 cm³/mol. The van der Waals surface area contributed by atoms with Crippen LogP contribution in [0.4, 0.5) is 0 Å². The van der Waals surface area contributed by atoms with Crippen molar-refractivity contribution in [3.8, 4) is 16.8 Å². The van der Waals surface area contributed by atoms with E-state index >= 15 is 0 Å². The molecule has 0 fully saturated rings. The van der Waals surface area contributed by atoms with Gasteiger partial charge in [-0.2, -0.15) is 0 Å². The van der Waals surface area contributed by atoms with Crippen LogP contribution in [-0.2, 0) is 0 Å². The van der Waals surface area contributed by atoms with Gasteiger partial charge in [-0.15, -0.1) is 15.0 Å². The number of tetrazole rings is 1. The van der Waals surface area contributed by atoms with E-state index in [9.17, 15) is 4.79 Å². The molecule has 0 aliphatic rings. The zero-order valence-corrected chi connectivity index (χ0v) is 9.97. The molecule has 3 aromatic rings. The first-order valence-corrected chi connectivity index (χ1v) is 5.76. The van der Waals surface area contributed by atoms with Crippen LogP contribution in [0, 0.1) is 0 Å². The van der Waals surface area contributed by atoms with Crippen LogP contribution in [0.5, 0.6) is 0 Å². The second-order valence-electron chi connectivity index (χ2n) is 3.98. The second kappa shape index (κ2) is 4.81. The Balaban J connectivity index is 2.12. The number of rotatable bonds is 3. The Morgan fingerprint density at radius 2 is 1.79 bits per heavy atom. The first-order valence-electron chi connectivity index (χ1n) is 5.76. The van der Waals surface area contributed by atoms with Crippen molar-refractivity contribution in [2.24, 2.45) is 0 Å². The lowest BCUT2D eigenvalue weighted by molar-refractivity contribution is 0.112. The maximum atomic E-state index is 10.7. The minimum atomic E-state index is 0.653. The van der Waals surface area contributed by atoms with Crippen molar-refractivity contribution in [2.75, 3.05) is 0 Å². The van der Waals surface area contributed by atoms with E-state index in [1.807, 2.05) is 36.4 Å². The molecule has 0 N–H and O–H groups in total. The number of aromatic nitrogens is 4. The molecule has 5 nitrogen and oxygen atoms in total. The van der Waals surface area contributed by atoms with E-state index in [0.29, 0.717) is 5.56 Å². The fourth-order valence-electron chi connectivity index (χ4n) is 1.91. The lowest BCUT2D eigenvalue weighted by atomic mass is 10.0. The summed E-state index contributed by atoms with van der Waals surface area (Å²) in [5.74, 6) is 0. The Hall–Kier alpha value is -2.82. The molecule has 0 amide bonds. The fraction of sp³-hybridized carbons (Fsp3) is 0. The third kappa shape index (κ3) is 2.13. The topological polar surface area (TPSA) is 60.7 Å². The monoisotopic (exact) mass is 250 g/mol. The molecule has 19 heavy (non-hydrogen) atoms. The maximum Gasteiger partial charge on any atom is 0.162 e. The molecule has 0 aliphatic carbocycles. The number of para-hydroxylation sites is 1. The van der Waals surface area contributed by atoms with E-state index in [1.54, 1.807) is 12.1 Å². The van der Waals surface area contributed by atoms with Crippen LogP contribution in [0.15, 0.2) is 54.9 Å². The van der Waals surface area contributed by atoms with E-state index in [1.165, 1.54) is 11.1 Å². The van der Waals surface area contributed by atoms with Crippen LogP contribution in [0.3, 0.4) is 0 Å². The van der Waals surface area contributed by atoms with E-state index < -0.39 is 0 Å². The van der Waals surface area contributed by atoms with E-state index in [0.717, 1.165) is 23.1 Å². The Morgan fingerprint density at radius 1 is 1.00 bits per heavy atom. The highest BCUT2D eigenvalue weighted by Gasteiger charge is 2.07. The molecule has 92 valence electrons. The number of hydrogen-bond acceptors (Lipinski definition) is 4. The number of hydrogen-bond donors (Lipinski definition) is 0. The smallest absolute Gasteiger partial charge is 0.162 e. The molecule has 0 atom stereocenters. The van der Waals surface area contributed by atoms with Crippen molar-refractivity contribution in [2.45, 2.75) is 0 Å². The van der Waals surface area contributed by atoms with Crippen molar-refractivity contribution in [1.29, 1.82) is 0 Å². The number of benzene rings is 2. The van der Waals surface area contributed by atoms with E-state index in [2.05, 4.69) is 15.4 Å². The summed E-state index contributed by atoms with van der Waals surface area (Å²) in [4.78, 5) is 12.2. The van der Waals surface area contributed by atoms with Gasteiger partial charge < -0.3 is 0 Å². The molecule has 2 aromatic carbocycles. The molecule has 0 aliphatic heterocycles. The van der Waals surface area contributed by atoms with Crippen LogP contribution >= 0.6 is 0 Å². The first kappa shape index (κ1) is 11.3. The van der Waals surface area contributed by atoms with Gasteiger partial charge in [0.15, 0.2) is 6.33 Å². The van der Waals surface area contributed by atoms with Crippen LogP contribution in [0.2, 0.25) is 0 Å². The van der Waals surface area contributed by atoms with Crippen molar-refractivity contribution in [3.63, 3.8) is 0 Å². The summed E-state index contributed by atoms with van der Waals surface area (Å²) in [6.07, 6.45) is 2.22. The molecule has 5 heteroatoms. The zero-order valence-electron chi connectivity index (χ0n) is 9.97. The number of carbonyl (C=O) groups is 1. The maximum absolute atomic E-state index is 10.7. The molecule has 0 saturated heterocycles. The Labute approximate surface area is 109 Å². The third-order valence-electron chi connectivity index (χ3n) is 2.83. The average molecular weight is 250 g/mol. The summed E-state index contributed by atoms with van der Waals surface area (Å²) in [6, 6.07) is 15.1. The molecule has 0 unspecified atom stereocenters. The number of carbonyl (C=O) groups excluding carboxylic acids is 1. The van der Waals surface area contributed by atoms with E-state index in [-0.39, 0.29) is 0 Å². The molecule has 0 bridgehead atoms. The lowest BCUT2D eigenvalue weighted by Crippen LogP contribution is -2.01. The average Bonchev–Trinajstić information content (AvgIpc) is 3.01. The Morgan fingerprint density at radius 3 is 2.47 bits per heavy atom. The highest BCUT2D eigenvalue weighted by atomic mass is 16.1. The van der Waals surface area contributed by atoms with Gasteiger partial charge in [0.1, 0.15) is 6.29 Å². The van der Waals surface area contributed by atoms with Crippen molar-refractivity contribution < 1.29 is 4.79 Å². The van der Waals surface area contributed by atoms with Crippen molar-refractivity contribution in [3.05, 3.63) is 60.4 Å². The Bertz CT molecular complexity index is 690. The lowest BCUT2D eigenvalue weighted by Gasteiger charge is -2.07. The van der Waals surface area contributed by atoms with Gasteiger partial charge in [0, 0.05) is 11.1 Å². The largest absolute Gasteiger partial charge is 0.298 e. The summed E-state index contributed by atoms with van der Waals surface area (Å²) in [7, 11) is 0. The van der Waals surface area contributed by atoms with Gasteiger partial charge in [-0.25, -0.2) is 0 Å². The SMILES string of the molecule is O=Cc1ccc(-c2ccccc2-n2ncnn2)cc1. The zero-order chi connectivity index (χ0) is 13.1. The standard InChI is InChI=1S/C14H10N4O/c19-9-11-5-7-12(8-6-11)13-3-1-2-4-14(13)18-16-10-15-17-18/h1-10H. The van der Waals surface area contributed by atoms with Gasteiger partial charge >= 0.3 is 0 Å². The summed E-state index contributed by atoms with van der Waals surface area (Å²) in [6.45, 7) is 0. The molecular weight excluding hydrogens is 240 g/mol. The minimum Gasteiger partial charge on any atom is -0.298 e. The van der Waals surface area contributed by atoms with Crippen LogP contribution in [0.25, 0.3) is 16.8 Å². The van der Waals surface area contributed by atoms with Gasteiger partial charge in [0.25, 0.3) is 0 Å². The molecule has 0 radical (unpaired) electrons. The van der Waals surface area contributed by atoms with Gasteiger partial charge in [-0.05, 0) is 16.8 Å². The van der Waals surface area contributed by atoms with Crippen LogP contribution in [-0.4, -0.2) is 26.5 Å². The fourth-order valence-corrected chi connectivity index (χ4v) is 1.91. The molecule has 1 heterocycles. The molecule has 0 saturated carbocycles. The first-order chi connectivity index (χ1) is 9.38. The van der Waals surface area contributed by atoms with Crippen molar-refractivity contribution in [1.82, 2.24) is 20.2 Å².